The van der Waals surface area contributed by atoms with E-state index in [9.17, 15) is 19.8 Å². The Morgan fingerprint density at radius 1 is 0.962 bits per heavy atom. The first kappa shape index (κ1) is 35.8. The number of nitrogens with zero attached hydrogens (tertiary/aromatic N) is 8. The highest BCUT2D eigenvalue weighted by Crippen LogP contribution is 2.31. The number of pyridine rings is 1. The first-order valence-electron chi connectivity index (χ1n) is 18.7. The van der Waals surface area contributed by atoms with Gasteiger partial charge in [-0.2, -0.15) is 4.98 Å². The summed E-state index contributed by atoms with van der Waals surface area (Å²) in [5, 5.41) is 23.6. The van der Waals surface area contributed by atoms with Gasteiger partial charge in [-0.3, -0.25) is 14.5 Å². The van der Waals surface area contributed by atoms with E-state index < -0.39 is 11.6 Å². The molecule has 0 bridgehead atoms. The number of rotatable bonds is 11. The molecule has 2 aliphatic heterocycles. The molecular weight excluding hydrogens is 658 g/mol. The van der Waals surface area contributed by atoms with Crippen molar-refractivity contribution >= 4 is 34.3 Å². The number of aliphatic carboxylic acids is 1. The number of hydrogen-bond donors (Lipinski definition) is 3. The van der Waals surface area contributed by atoms with Crippen LogP contribution < -0.4 is 15.8 Å². The molecular formula is C39H51N9O4. The van der Waals surface area contributed by atoms with Crippen LogP contribution in [0.1, 0.15) is 58.1 Å². The van der Waals surface area contributed by atoms with Crippen molar-refractivity contribution in [1.29, 1.82) is 0 Å². The summed E-state index contributed by atoms with van der Waals surface area (Å²) in [7, 11) is 0. The number of benzene rings is 1. The van der Waals surface area contributed by atoms with Gasteiger partial charge >= 0.3 is 5.97 Å². The van der Waals surface area contributed by atoms with E-state index in [4.69, 9.17) is 4.98 Å². The molecule has 0 unspecified atom stereocenters. The van der Waals surface area contributed by atoms with Gasteiger partial charge in [0.15, 0.2) is 11.5 Å². The van der Waals surface area contributed by atoms with Crippen LogP contribution in [0.15, 0.2) is 66.1 Å². The van der Waals surface area contributed by atoms with Gasteiger partial charge in [-0.1, -0.05) is 12.1 Å². The maximum Gasteiger partial charge on any atom is 0.306 e. The SMILES string of the molecule is C=CCn1c(=O)c2cnc(Nc3ccc(N4CCN(C5CCN(CC6CCC(C(=O)O)CC6)CC5)CC4)cc3)nc2n1-c1cccc(C(C)(C)O)n1. The summed E-state index contributed by atoms with van der Waals surface area (Å²) in [6.45, 7) is 14.9. The number of anilines is 3. The molecule has 0 amide bonds. The first-order valence-corrected chi connectivity index (χ1v) is 18.7. The van der Waals surface area contributed by atoms with Gasteiger partial charge in [0, 0.05) is 56.3 Å². The third-order valence-corrected chi connectivity index (χ3v) is 11.1. The fraction of sp³-hybridized carbons (Fsp3) is 0.513. The number of carbonyl (C=O) groups is 1. The van der Waals surface area contributed by atoms with Gasteiger partial charge in [-0.25, -0.2) is 19.3 Å². The second-order valence-corrected chi connectivity index (χ2v) is 15.1. The van der Waals surface area contributed by atoms with Crippen molar-refractivity contribution in [2.24, 2.45) is 11.8 Å². The fourth-order valence-corrected chi connectivity index (χ4v) is 8.14. The molecule has 0 spiro atoms. The molecule has 7 rings (SSSR count). The number of carboxylic acid groups (broad SMARTS) is 1. The lowest BCUT2D eigenvalue weighted by atomic mass is 9.81. The molecule has 4 aromatic rings. The van der Waals surface area contributed by atoms with Crippen LogP contribution in [0.5, 0.6) is 0 Å². The predicted octanol–water partition coefficient (Wildman–Crippen LogP) is 4.61. The summed E-state index contributed by atoms with van der Waals surface area (Å²) in [5.41, 5.74) is 1.50. The van der Waals surface area contributed by atoms with E-state index in [1.165, 1.54) is 29.4 Å². The van der Waals surface area contributed by atoms with E-state index in [1.54, 1.807) is 42.8 Å². The van der Waals surface area contributed by atoms with E-state index in [1.807, 2.05) is 12.1 Å². The molecule has 276 valence electrons. The largest absolute Gasteiger partial charge is 0.481 e. The molecule has 3 N–H and O–H groups in total. The molecule has 52 heavy (non-hydrogen) atoms. The number of aliphatic hydroxyl groups is 1. The van der Waals surface area contributed by atoms with E-state index in [-0.39, 0.29) is 18.0 Å². The van der Waals surface area contributed by atoms with Gasteiger partial charge in [0.25, 0.3) is 5.56 Å². The van der Waals surface area contributed by atoms with Crippen LogP contribution in [0.3, 0.4) is 0 Å². The van der Waals surface area contributed by atoms with E-state index in [0.29, 0.717) is 40.5 Å². The Balaban J connectivity index is 0.950. The number of fused-ring (bicyclic) bond motifs is 1. The normalized spacial score (nSPS) is 21.0. The predicted molar refractivity (Wildman–Crippen MR) is 202 cm³/mol. The molecule has 2 saturated heterocycles. The Hall–Kier alpha value is -4.59. The Morgan fingerprint density at radius 3 is 2.33 bits per heavy atom. The molecule has 0 radical (unpaired) electrons. The van der Waals surface area contributed by atoms with Crippen LogP contribution >= 0.6 is 0 Å². The standard InChI is InChI=1S/C39H51N9O4/c1-4-18-47-36(49)32-25-40-38(43-35(32)48(47)34-7-5-6-33(42-34)39(2,3)52)41-29-12-14-30(15-13-29)45-21-23-46(24-22-45)31-16-19-44(20-17-31)26-27-8-10-28(11-9-27)37(50)51/h4-7,12-15,25,27-28,31,52H,1,8-11,16-24,26H2,2-3H3,(H,50,51)(H,40,41,43). The number of allylic oxidation sites excluding steroid dienone is 1. The Kier molecular flexibility index (Phi) is 10.4. The second-order valence-electron chi connectivity index (χ2n) is 15.1. The van der Waals surface area contributed by atoms with Gasteiger partial charge in [0.1, 0.15) is 11.0 Å². The minimum Gasteiger partial charge on any atom is -0.481 e. The van der Waals surface area contributed by atoms with Gasteiger partial charge in [-0.05, 0) is 108 Å². The summed E-state index contributed by atoms with van der Waals surface area (Å²) < 4.78 is 3.17. The average molecular weight is 710 g/mol. The maximum absolute atomic E-state index is 13.4. The topological polar surface area (TPSA) is 145 Å². The van der Waals surface area contributed by atoms with Gasteiger partial charge < -0.3 is 25.3 Å². The molecule has 3 fully saturated rings. The lowest BCUT2D eigenvalue weighted by Gasteiger charge is -2.44. The number of piperidine rings is 1. The summed E-state index contributed by atoms with van der Waals surface area (Å²) >= 11 is 0. The van der Waals surface area contributed by atoms with Crippen LogP contribution in [0, 0.1) is 11.8 Å². The third-order valence-electron chi connectivity index (χ3n) is 11.1. The molecule has 13 nitrogen and oxygen atoms in total. The molecule has 3 aliphatic rings. The summed E-state index contributed by atoms with van der Waals surface area (Å²) in [5.74, 6) is 0.709. The lowest BCUT2D eigenvalue weighted by Crippen LogP contribution is -2.53. The minimum atomic E-state index is -1.16. The number of carboxylic acids is 1. The van der Waals surface area contributed by atoms with Crippen molar-refractivity contribution in [2.75, 3.05) is 56.0 Å². The van der Waals surface area contributed by atoms with Gasteiger partial charge in [0.2, 0.25) is 5.95 Å². The highest BCUT2D eigenvalue weighted by molar-refractivity contribution is 5.77. The Labute approximate surface area is 304 Å². The van der Waals surface area contributed by atoms with Crippen molar-refractivity contribution in [2.45, 2.75) is 70.6 Å². The smallest absolute Gasteiger partial charge is 0.306 e. The van der Waals surface area contributed by atoms with Crippen LogP contribution in [0.2, 0.25) is 0 Å². The maximum atomic E-state index is 13.4. The fourth-order valence-electron chi connectivity index (χ4n) is 8.14. The summed E-state index contributed by atoms with van der Waals surface area (Å²) in [6.07, 6.45) is 9.36. The van der Waals surface area contributed by atoms with Crippen LogP contribution in [0.25, 0.3) is 16.9 Å². The summed E-state index contributed by atoms with van der Waals surface area (Å²) in [6, 6.07) is 14.3. The van der Waals surface area contributed by atoms with Gasteiger partial charge in [0.05, 0.1) is 18.2 Å². The summed E-state index contributed by atoms with van der Waals surface area (Å²) in [4.78, 5) is 46.3. The zero-order valence-corrected chi connectivity index (χ0v) is 30.3. The zero-order chi connectivity index (χ0) is 36.4. The van der Waals surface area contributed by atoms with Crippen molar-refractivity contribution < 1.29 is 15.0 Å². The highest BCUT2D eigenvalue weighted by atomic mass is 16.4. The van der Waals surface area contributed by atoms with E-state index >= 15 is 0 Å². The van der Waals surface area contributed by atoms with Crippen LogP contribution in [0.4, 0.5) is 17.3 Å². The number of piperazine rings is 1. The Bertz CT molecular complexity index is 1930. The van der Waals surface area contributed by atoms with E-state index in [0.717, 1.165) is 77.2 Å². The molecule has 5 heterocycles. The molecule has 0 atom stereocenters. The highest BCUT2D eigenvalue weighted by Gasteiger charge is 2.31. The number of likely N-dealkylation sites (tertiary alicyclic amines) is 1. The first-order chi connectivity index (χ1) is 25.1. The van der Waals surface area contributed by atoms with Crippen molar-refractivity contribution in [3.63, 3.8) is 0 Å². The molecule has 1 aromatic carbocycles. The lowest BCUT2D eigenvalue weighted by molar-refractivity contribution is -0.143. The second kappa shape index (κ2) is 15.2. The molecule has 1 saturated carbocycles. The average Bonchev–Trinajstić information content (AvgIpc) is 3.42. The van der Waals surface area contributed by atoms with E-state index in [2.05, 4.69) is 48.7 Å². The molecule has 1 aliphatic carbocycles. The van der Waals surface area contributed by atoms with Crippen molar-refractivity contribution in [3.8, 4) is 5.82 Å². The van der Waals surface area contributed by atoms with Crippen LogP contribution in [-0.2, 0) is 16.9 Å². The Morgan fingerprint density at radius 2 is 1.67 bits per heavy atom. The molecule has 3 aromatic heterocycles. The van der Waals surface area contributed by atoms with Crippen LogP contribution in [-0.4, -0.2) is 102 Å². The monoisotopic (exact) mass is 709 g/mol. The zero-order valence-electron chi connectivity index (χ0n) is 30.3. The minimum absolute atomic E-state index is 0.133. The third kappa shape index (κ3) is 7.76. The van der Waals surface area contributed by atoms with Crippen molar-refractivity contribution in [1.82, 2.24) is 34.1 Å². The number of nitrogens with one attached hydrogen (secondary N) is 1. The van der Waals surface area contributed by atoms with Gasteiger partial charge in [-0.15, -0.1) is 6.58 Å². The number of hydrogen-bond acceptors (Lipinski definition) is 10. The van der Waals surface area contributed by atoms with Crippen molar-refractivity contribution in [3.05, 3.63) is 77.4 Å². The molecule has 13 heteroatoms. The quantitative estimate of drug-likeness (QED) is 0.188. The number of aromatic nitrogens is 5.